The molecular weight excluding hydrogens is 398 g/mol. The van der Waals surface area contributed by atoms with Crippen LogP contribution in [0.3, 0.4) is 0 Å². The highest BCUT2D eigenvalue weighted by atomic mass is 16.5. The van der Waals surface area contributed by atoms with Gasteiger partial charge in [0.25, 0.3) is 0 Å². The molecule has 1 amide bonds. The van der Waals surface area contributed by atoms with Gasteiger partial charge in [0.05, 0.1) is 19.5 Å². The third-order valence-electron chi connectivity index (χ3n) is 4.67. The number of ether oxygens (including phenoxy) is 1. The predicted molar refractivity (Wildman–Crippen MR) is 117 cm³/mol. The smallest absolute Gasteiger partial charge is 0.226 e. The zero-order valence-electron chi connectivity index (χ0n) is 17.3. The van der Waals surface area contributed by atoms with Crippen molar-refractivity contribution < 1.29 is 13.9 Å². The number of nitrogens with one attached hydrogen (secondary N) is 3. The molecule has 0 spiro atoms. The van der Waals surface area contributed by atoms with E-state index in [-0.39, 0.29) is 5.91 Å². The molecule has 31 heavy (non-hydrogen) atoms. The monoisotopic (exact) mass is 423 g/mol. The number of anilines is 3. The molecule has 1 saturated heterocycles. The summed E-state index contributed by atoms with van der Waals surface area (Å²) in [4.78, 5) is 23.6. The summed E-state index contributed by atoms with van der Waals surface area (Å²) in [5, 5.41) is 13.0. The summed E-state index contributed by atoms with van der Waals surface area (Å²) >= 11 is 0. The van der Waals surface area contributed by atoms with Crippen molar-refractivity contribution in [2.75, 3.05) is 43.5 Å². The van der Waals surface area contributed by atoms with Crippen LogP contribution in [0.4, 0.5) is 17.5 Å². The van der Waals surface area contributed by atoms with E-state index in [9.17, 15) is 4.79 Å². The Hall–Kier alpha value is -3.50. The summed E-state index contributed by atoms with van der Waals surface area (Å²) in [6.07, 6.45) is 5.46. The Labute approximate surface area is 179 Å². The second-order valence-corrected chi connectivity index (χ2v) is 7.16. The summed E-state index contributed by atoms with van der Waals surface area (Å²) in [7, 11) is 0. The second kappa shape index (κ2) is 10.0. The number of amides is 1. The Morgan fingerprint density at radius 3 is 2.77 bits per heavy atom. The maximum Gasteiger partial charge on any atom is 0.226 e. The van der Waals surface area contributed by atoms with Crippen molar-refractivity contribution in [1.29, 1.82) is 0 Å². The maximum atomic E-state index is 12.5. The number of rotatable bonds is 8. The van der Waals surface area contributed by atoms with E-state index >= 15 is 0 Å². The van der Waals surface area contributed by atoms with E-state index in [4.69, 9.17) is 9.15 Å². The van der Waals surface area contributed by atoms with E-state index in [1.54, 1.807) is 30.5 Å². The molecule has 0 aliphatic carbocycles. The zero-order chi connectivity index (χ0) is 21.5. The van der Waals surface area contributed by atoms with Crippen molar-refractivity contribution >= 4 is 35.5 Å². The lowest BCUT2D eigenvalue weighted by Gasteiger charge is -2.26. The largest absolute Gasteiger partial charge is 0.465 e. The van der Waals surface area contributed by atoms with Crippen LogP contribution < -0.4 is 10.6 Å². The van der Waals surface area contributed by atoms with Crippen molar-refractivity contribution in [3.63, 3.8) is 0 Å². The van der Waals surface area contributed by atoms with Crippen LogP contribution in [0, 0.1) is 6.92 Å². The molecule has 0 aromatic carbocycles. The molecule has 0 unspecified atom stereocenters. The van der Waals surface area contributed by atoms with Gasteiger partial charge in [0.1, 0.15) is 17.4 Å². The van der Waals surface area contributed by atoms with Gasteiger partial charge in [-0.15, -0.1) is 0 Å². The minimum atomic E-state index is -0.104. The number of nitrogens with zero attached hydrogens (tertiary/aromatic N) is 4. The van der Waals surface area contributed by atoms with Gasteiger partial charge in [-0.2, -0.15) is 5.10 Å². The van der Waals surface area contributed by atoms with Gasteiger partial charge < -0.3 is 19.8 Å². The molecule has 1 aliphatic rings. The zero-order valence-corrected chi connectivity index (χ0v) is 17.3. The first-order valence-electron chi connectivity index (χ1n) is 10.1. The number of carbonyl (C=O) groups is 1. The van der Waals surface area contributed by atoms with Gasteiger partial charge in [-0.25, -0.2) is 9.97 Å². The van der Waals surface area contributed by atoms with Crippen LogP contribution in [-0.2, 0) is 9.53 Å². The molecule has 0 radical (unpaired) electrons. The first-order chi connectivity index (χ1) is 15.1. The number of aromatic amines is 1. The molecular formula is C21H25N7O3. The van der Waals surface area contributed by atoms with Crippen LogP contribution in [0.1, 0.15) is 23.7 Å². The third-order valence-corrected chi connectivity index (χ3v) is 4.67. The standard InChI is InChI=1S/C21H25N7O3/c1-15-13-20(27-26-15)24-18-14-19(23-17(22-18)5-4-16-3-2-10-31-16)25-21(29)6-7-28-8-11-30-12-9-28/h2-5,10,13-14H,6-9,11-12H2,1H3,(H3,22,23,24,25,26,27,29)/b5-4+. The molecule has 4 rings (SSSR count). The fourth-order valence-corrected chi connectivity index (χ4v) is 3.11. The molecule has 10 heteroatoms. The average molecular weight is 423 g/mol. The lowest BCUT2D eigenvalue weighted by molar-refractivity contribution is -0.116. The van der Waals surface area contributed by atoms with Gasteiger partial charge in [0.2, 0.25) is 5.91 Å². The van der Waals surface area contributed by atoms with Crippen LogP contribution >= 0.6 is 0 Å². The highest BCUT2D eigenvalue weighted by molar-refractivity contribution is 5.90. The minimum absolute atomic E-state index is 0.104. The Balaban J connectivity index is 1.46. The number of morpholine rings is 1. The number of furan rings is 1. The van der Waals surface area contributed by atoms with Crippen molar-refractivity contribution in [1.82, 2.24) is 25.1 Å². The van der Waals surface area contributed by atoms with Gasteiger partial charge in [-0.1, -0.05) is 0 Å². The topological polar surface area (TPSA) is 121 Å². The van der Waals surface area contributed by atoms with Crippen LogP contribution in [0.2, 0.25) is 0 Å². The first kappa shape index (κ1) is 20.8. The predicted octanol–water partition coefficient (Wildman–Crippen LogP) is 2.68. The van der Waals surface area contributed by atoms with Gasteiger partial charge in [-0.05, 0) is 31.2 Å². The summed E-state index contributed by atoms with van der Waals surface area (Å²) < 4.78 is 10.7. The lowest BCUT2D eigenvalue weighted by atomic mass is 10.3. The van der Waals surface area contributed by atoms with Crippen molar-refractivity contribution in [3.05, 3.63) is 47.8 Å². The SMILES string of the molecule is Cc1cc(Nc2cc(NC(=O)CCN3CCOCC3)nc(/C=C/c3ccco3)n2)n[nH]1. The Kier molecular flexibility index (Phi) is 6.70. The Bertz CT molecular complexity index is 1020. The number of carbonyl (C=O) groups excluding carboxylic acids is 1. The summed E-state index contributed by atoms with van der Waals surface area (Å²) in [5.41, 5.74) is 0.922. The molecule has 0 atom stereocenters. The number of aromatic nitrogens is 4. The van der Waals surface area contributed by atoms with Gasteiger partial charge in [-0.3, -0.25) is 14.8 Å². The Morgan fingerprint density at radius 1 is 1.19 bits per heavy atom. The van der Waals surface area contributed by atoms with Crippen LogP contribution in [0.25, 0.3) is 12.2 Å². The number of hydrogen-bond acceptors (Lipinski definition) is 8. The maximum absolute atomic E-state index is 12.5. The van der Waals surface area contributed by atoms with Crippen molar-refractivity contribution in [2.24, 2.45) is 0 Å². The molecule has 4 heterocycles. The summed E-state index contributed by atoms with van der Waals surface area (Å²) in [6, 6.07) is 7.18. The molecule has 0 saturated carbocycles. The van der Waals surface area contributed by atoms with Gasteiger partial charge >= 0.3 is 0 Å². The molecule has 10 nitrogen and oxygen atoms in total. The fourth-order valence-electron chi connectivity index (χ4n) is 3.11. The molecule has 3 N–H and O–H groups in total. The normalized spacial score (nSPS) is 14.7. The second-order valence-electron chi connectivity index (χ2n) is 7.16. The van der Waals surface area contributed by atoms with Crippen LogP contribution in [0.15, 0.2) is 34.9 Å². The highest BCUT2D eigenvalue weighted by Gasteiger charge is 2.13. The van der Waals surface area contributed by atoms with E-state index in [0.717, 1.165) is 18.8 Å². The summed E-state index contributed by atoms with van der Waals surface area (Å²) in [5.74, 6) is 2.56. The first-order valence-corrected chi connectivity index (χ1v) is 10.1. The van der Waals surface area contributed by atoms with Gasteiger partial charge in [0.15, 0.2) is 11.6 Å². The molecule has 1 aliphatic heterocycles. The van der Waals surface area contributed by atoms with Gasteiger partial charge in [0, 0.05) is 43.9 Å². The average Bonchev–Trinajstić information content (AvgIpc) is 3.43. The highest BCUT2D eigenvalue weighted by Crippen LogP contribution is 2.18. The van der Waals surface area contributed by atoms with E-state index < -0.39 is 0 Å². The van der Waals surface area contributed by atoms with Crippen LogP contribution in [0.5, 0.6) is 0 Å². The summed E-state index contributed by atoms with van der Waals surface area (Å²) in [6.45, 7) is 5.71. The van der Waals surface area contributed by atoms with E-state index in [0.29, 0.717) is 55.2 Å². The number of H-pyrrole nitrogens is 1. The Morgan fingerprint density at radius 2 is 2.03 bits per heavy atom. The number of aryl methyl sites for hydroxylation is 1. The molecule has 162 valence electrons. The van der Waals surface area contributed by atoms with Crippen LogP contribution in [-0.4, -0.2) is 63.8 Å². The van der Waals surface area contributed by atoms with Crippen molar-refractivity contribution in [3.8, 4) is 0 Å². The molecule has 1 fully saturated rings. The van der Waals surface area contributed by atoms with Crippen molar-refractivity contribution in [2.45, 2.75) is 13.3 Å². The van der Waals surface area contributed by atoms with E-state index in [1.807, 2.05) is 19.1 Å². The minimum Gasteiger partial charge on any atom is -0.465 e. The molecule has 3 aromatic rings. The van der Waals surface area contributed by atoms with E-state index in [1.165, 1.54) is 0 Å². The quantitative estimate of drug-likeness (QED) is 0.506. The van der Waals surface area contributed by atoms with E-state index in [2.05, 4.69) is 35.7 Å². The molecule has 3 aromatic heterocycles. The lowest BCUT2D eigenvalue weighted by Crippen LogP contribution is -2.38. The molecule has 0 bridgehead atoms. The number of hydrogen-bond donors (Lipinski definition) is 3. The third kappa shape index (κ3) is 6.24. The fraction of sp³-hybridized carbons (Fsp3) is 0.333.